The van der Waals surface area contributed by atoms with Gasteiger partial charge in [0.15, 0.2) is 0 Å². The summed E-state index contributed by atoms with van der Waals surface area (Å²) in [5.74, 6) is 12.8. The third-order valence-electron chi connectivity index (χ3n) is 5.45. The highest BCUT2D eigenvalue weighted by atomic mass is 16.5. The number of carbonyl (C=O) groups excluding carboxylic acids is 1. The molecule has 2 aliphatic carbocycles. The number of carbonyl (C=O) groups is 1. The van der Waals surface area contributed by atoms with Crippen molar-refractivity contribution >= 4 is 5.97 Å². The van der Waals surface area contributed by atoms with Gasteiger partial charge in [-0.15, -0.1) is 0 Å². The Morgan fingerprint density at radius 1 is 0.697 bits per heavy atom. The third-order valence-corrected chi connectivity index (χ3v) is 5.45. The van der Waals surface area contributed by atoms with Crippen molar-refractivity contribution in [3.8, 4) is 34.8 Å². The highest BCUT2D eigenvalue weighted by Crippen LogP contribution is 2.34. The van der Waals surface area contributed by atoms with E-state index in [1.807, 2.05) is 72.8 Å². The molecule has 0 radical (unpaired) electrons. The zero-order chi connectivity index (χ0) is 23.2. The van der Waals surface area contributed by atoms with Crippen LogP contribution >= 0.6 is 0 Å². The third kappa shape index (κ3) is 5.15. The highest BCUT2D eigenvalue weighted by molar-refractivity contribution is 6.01. The van der Waals surface area contributed by atoms with E-state index in [2.05, 4.69) is 49.7 Å². The Balaban J connectivity index is 1.65. The number of hydrogen-bond acceptors (Lipinski definition) is 2. The van der Waals surface area contributed by atoms with Gasteiger partial charge in [-0.05, 0) is 71.1 Å². The number of ether oxygens (including phenoxy) is 1. The van der Waals surface area contributed by atoms with Gasteiger partial charge in [-0.3, -0.25) is 0 Å². The average Bonchev–Trinajstić information content (AvgIpc) is 3.02. The summed E-state index contributed by atoms with van der Waals surface area (Å²) >= 11 is 0. The second-order valence-electron chi connectivity index (χ2n) is 8.06. The van der Waals surface area contributed by atoms with E-state index in [9.17, 15) is 4.79 Å². The second kappa shape index (κ2) is 9.90. The molecule has 160 valence electrons. The number of benzene rings is 2. The zero-order valence-electron chi connectivity index (χ0n) is 19.0. The van der Waals surface area contributed by atoms with Crippen molar-refractivity contribution in [3.63, 3.8) is 0 Å². The summed E-state index contributed by atoms with van der Waals surface area (Å²) in [7, 11) is 1.40. The molecule has 33 heavy (non-hydrogen) atoms. The number of hydrogen-bond donors (Lipinski definition) is 0. The van der Waals surface area contributed by atoms with Gasteiger partial charge in [0, 0.05) is 22.3 Å². The van der Waals surface area contributed by atoms with Crippen LogP contribution < -0.4 is 0 Å². The van der Waals surface area contributed by atoms with Crippen LogP contribution in [0.4, 0.5) is 0 Å². The summed E-state index contributed by atoms with van der Waals surface area (Å²) in [4.78, 5) is 12.4. The first-order valence-electron chi connectivity index (χ1n) is 10.9. The van der Waals surface area contributed by atoms with Gasteiger partial charge in [-0.1, -0.05) is 73.9 Å². The molecule has 2 heteroatoms. The van der Waals surface area contributed by atoms with Gasteiger partial charge in [-0.2, -0.15) is 0 Å². The van der Waals surface area contributed by atoms with Gasteiger partial charge in [0.05, 0.1) is 12.7 Å². The van der Waals surface area contributed by atoms with Crippen molar-refractivity contribution in [1.29, 1.82) is 0 Å². The monoisotopic (exact) mass is 428 g/mol. The molecule has 0 fully saturated rings. The molecular formula is C31H24O2. The molecule has 4 rings (SSSR count). The number of fused-ring (bicyclic) bond motifs is 1. The predicted octanol–water partition coefficient (Wildman–Crippen LogP) is 6.50. The lowest BCUT2D eigenvalue weighted by atomic mass is 10.0. The fourth-order valence-electron chi connectivity index (χ4n) is 3.58. The van der Waals surface area contributed by atoms with E-state index in [-0.39, 0.29) is 5.97 Å². The number of esters is 1. The van der Waals surface area contributed by atoms with Gasteiger partial charge in [0.1, 0.15) is 0 Å². The zero-order valence-corrected chi connectivity index (χ0v) is 19.0. The van der Waals surface area contributed by atoms with E-state index in [1.165, 1.54) is 7.11 Å². The Morgan fingerprint density at radius 2 is 1.30 bits per heavy atom. The van der Waals surface area contributed by atoms with Crippen molar-refractivity contribution in [2.45, 2.75) is 19.8 Å². The molecule has 0 N–H and O–H groups in total. The first kappa shape index (κ1) is 21.9. The minimum absolute atomic E-state index is 0.346. The standard InChI is InChI=1S/C31H24O2/c1-22(2)26-10-7-11-28-27(21-30(29(28)20-26)31(32)33-3)19-18-25-16-14-24(15-17-25)13-12-23-8-5-4-6-9-23/h4-11,14-17,20-22H,1-3H3. The molecule has 2 nitrogen and oxygen atoms in total. The van der Waals surface area contributed by atoms with Crippen molar-refractivity contribution in [3.05, 3.63) is 118 Å². The molecule has 0 aliphatic heterocycles. The molecule has 0 bridgehead atoms. The normalized spacial score (nSPS) is 10.2. The summed E-state index contributed by atoms with van der Waals surface area (Å²) in [5.41, 5.74) is 7.13. The lowest BCUT2D eigenvalue weighted by molar-refractivity contribution is 0.0602. The smallest absolute Gasteiger partial charge is 0.338 e. The number of rotatable bonds is 2. The van der Waals surface area contributed by atoms with Crippen LogP contribution in [0.1, 0.15) is 57.9 Å². The highest BCUT2D eigenvalue weighted by Gasteiger charge is 2.20. The lowest BCUT2D eigenvalue weighted by Crippen LogP contribution is -2.00. The molecule has 0 spiro atoms. The molecule has 0 aromatic heterocycles. The van der Waals surface area contributed by atoms with E-state index < -0.39 is 0 Å². The van der Waals surface area contributed by atoms with E-state index in [1.54, 1.807) is 0 Å². The molecule has 0 saturated carbocycles. The Morgan fingerprint density at radius 3 is 1.91 bits per heavy atom. The van der Waals surface area contributed by atoms with Crippen molar-refractivity contribution in [2.75, 3.05) is 7.11 Å². The summed E-state index contributed by atoms with van der Waals surface area (Å²) < 4.78 is 5.02. The van der Waals surface area contributed by atoms with Gasteiger partial charge in [0.2, 0.25) is 0 Å². The van der Waals surface area contributed by atoms with Crippen LogP contribution in [0.5, 0.6) is 0 Å². The van der Waals surface area contributed by atoms with E-state index in [0.29, 0.717) is 11.5 Å². The van der Waals surface area contributed by atoms with Gasteiger partial charge in [-0.25, -0.2) is 4.79 Å². The quantitative estimate of drug-likeness (QED) is 0.269. The van der Waals surface area contributed by atoms with Crippen LogP contribution in [0, 0.1) is 23.7 Å². The van der Waals surface area contributed by atoms with Crippen LogP contribution in [0.2, 0.25) is 0 Å². The molecule has 0 unspecified atom stereocenters. The summed E-state index contributed by atoms with van der Waals surface area (Å²) in [5, 5.41) is 0. The van der Waals surface area contributed by atoms with Crippen LogP contribution in [0.3, 0.4) is 0 Å². The van der Waals surface area contributed by atoms with Gasteiger partial charge >= 0.3 is 5.97 Å². The second-order valence-corrected chi connectivity index (χ2v) is 8.06. The van der Waals surface area contributed by atoms with Gasteiger partial charge < -0.3 is 4.74 Å². The molecule has 2 aromatic rings. The van der Waals surface area contributed by atoms with E-state index in [4.69, 9.17) is 4.74 Å². The topological polar surface area (TPSA) is 26.3 Å². The first-order chi connectivity index (χ1) is 16.0. The molecule has 0 heterocycles. The van der Waals surface area contributed by atoms with Crippen LogP contribution in [0.25, 0.3) is 11.1 Å². The largest absolute Gasteiger partial charge is 0.465 e. The Hall–Kier alpha value is -4.27. The van der Waals surface area contributed by atoms with Crippen molar-refractivity contribution < 1.29 is 9.53 Å². The molecule has 2 aliphatic rings. The Bertz CT molecular complexity index is 1370. The first-order valence-corrected chi connectivity index (χ1v) is 10.9. The van der Waals surface area contributed by atoms with E-state index >= 15 is 0 Å². The SMILES string of the molecule is COC(=O)c1cc(C#Cc2ccc(C#Cc3ccccc3)cc2)c2cccc(C(C)C)cc1-2. The summed E-state index contributed by atoms with van der Waals surface area (Å²) in [6, 6.07) is 27.8. The maximum Gasteiger partial charge on any atom is 0.338 e. The van der Waals surface area contributed by atoms with Crippen molar-refractivity contribution in [1.82, 2.24) is 0 Å². The van der Waals surface area contributed by atoms with Gasteiger partial charge in [0.25, 0.3) is 0 Å². The Labute approximate surface area is 195 Å². The van der Waals surface area contributed by atoms with Crippen molar-refractivity contribution in [2.24, 2.45) is 0 Å². The fraction of sp³-hybridized carbons (Fsp3) is 0.129. The van der Waals surface area contributed by atoms with Crippen LogP contribution in [-0.2, 0) is 4.74 Å². The maximum atomic E-state index is 12.4. The molecule has 0 amide bonds. The summed E-state index contributed by atoms with van der Waals surface area (Å²) in [6.45, 7) is 4.27. The minimum atomic E-state index is -0.352. The minimum Gasteiger partial charge on any atom is -0.465 e. The fourth-order valence-corrected chi connectivity index (χ4v) is 3.58. The Kier molecular flexibility index (Phi) is 6.58. The number of methoxy groups -OCH3 is 1. The van der Waals surface area contributed by atoms with E-state index in [0.717, 1.165) is 38.9 Å². The molecule has 0 atom stereocenters. The summed E-state index contributed by atoms with van der Waals surface area (Å²) in [6.07, 6.45) is 0. The molecule has 0 saturated heterocycles. The van der Waals surface area contributed by atoms with Crippen LogP contribution in [0.15, 0.2) is 84.9 Å². The average molecular weight is 429 g/mol. The lowest BCUT2D eigenvalue weighted by Gasteiger charge is -2.04. The van der Waals surface area contributed by atoms with Crippen LogP contribution in [-0.4, -0.2) is 13.1 Å². The predicted molar refractivity (Wildman–Crippen MR) is 133 cm³/mol. The molecular weight excluding hydrogens is 404 g/mol. The molecule has 2 aromatic carbocycles. The maximum absolute atomic E-state index is 12.4.